The Labute approximate surface area is 124 Å². The molecule has 0 bridgehead atoms. The van der Waals surface area contributed by atoms with Crippen LogP contribution in [0.1, 0.15) is 6.42 Å². The lowest BCUT2D eigenvalue weighted by Gasteiger charge is -2.27. The number of amides is 1. The predicted molar refractivity (Wildman–Crippen MR) is 76.1 cm³/mol. The Balaban J connectivity index is 1.89. The molecular formula is C13H12N2O5S. The molecule has 1 saturated heterocycles. The van der Waals surface area contributed by atoms with Crippen molar-refractivity contribution < 1.29 is 24.2 Å². The van der Waals surface area contributed by atoms with Crippen molar-refractivity contribution in [3.05, 3.63) is 18.2 Å². The number of fused-ring (bicyclic) bond motifs is 1. The molecule has 7 nitrogen and oxygen atoms in total. The fraction of sp³-hybridized carbons (Fsp3) is 0.308. The first-order chi connectivity index (χ1) is 10.0. The van der Waals surface area contributed by atoms with Crippen LogP contribution < -0.4 is 9.47 Å². The maximum absolute atomic E-state index is 11.8. The summed E-state index contributed by atoms with van der Waals surface area (Å²) in [6, 6.07) is 5.15. The number of carboxylic acids is 1. The van der Waals surface area contributed by atoms with E-state index in [1.165, 1.54) is 4.90 Å². The van der Waals surface area contributed by atoms with Gasteiger partial charge >= 0.3 is 5.97 Å². The van der Waals surface area contributed by atoms with E-state index >= 15 is 0 Å². The molecule has 21 heavy (non-hydrogen) atoms. The number of ether oxygens (including phenoxy) is 2. The van der Waals surface area contributed by atoms with E-state index in [0.717, 1.165) is 11.8 Å². The summed E-state index contributed by atoms with van der Waals surface area (Å²) in [6.07, 6.45) is -0.0311. The van der Waals surface area contributed by atoms with E-state index in [0.29, 0.717) is 22.4 Å². The lowest BCUT2D eigenvalue weighted by Crippen LogP contribution is -2.41. The number of amidine groups is 1. The van der Waals surface area contributed by atoms with Crippen LogP contribution in [0, 0.1) is 0 Å². The third kappa shape index (κ3) is 2.66. The number of carboxylic acid groups (broad SMARTS) is 1. The van der Waals surface area contributed by atoms with Crippen molar-refractivity contribution in [2.75, 3.05) is 13.8 Å². The van der Waals surface area contributed by atoms with E-state index in [4.69, 9.17) is 14.6 Å². The molecule has 0 spiro atoms. The highest BCUT2D eigenvalue weighted by molar-refractivity contribution is 8.15. The zero-order valence-corrected chi connectivity index (χ0v) is 11.9. The molecule has 1 aromatic carbocycles. The highest BCUT2D eigenvalue weighted by Crippen LogP contribution is 2.36. The Hall–Kier alpha value is -2.22. The molecule has 0 saturated carbocycles. The molecule has 0 aliphatic carbocycles. The summed E-state index contributed by atoms with van der Waals surface area (Å²) in [5.74, 6) is -0.0509. The minimum atomic E-state index is -1.01. The number of aliphatic imine (C=N–C) groups is 1. The topological polar surface area (TPSA) is 88.4 Å². The van der Waals surface area contributed by atoms with Crippen molar-refractivity contribution >= 4 is 34.5 Å². The van der Waals surface area contributed by atoms with E-state index in [1.807, 2.05) is 0 Å². The summed E-state index contributed by atoms with van der Waals surface area (Å²) in [6.45, 7) is 0.170. The molecule has 1 amide bonds. The van der Waals surface area contributed by atoms with Crippen molar-refractivity contribution in [2.45, 2.75) is 11.7 Å². The minimum absolute atomic E-state index is 0.0311. The molecule has 3 rings (SSSR count). The summed E-state index contributed by atoms with van der Waals surface area (Å²) >= 11 is 1.06. The fourth-order valence-corrected chi connectivity index (χ4v) is 2.95. The number of benzene rings is 1. The molecule has 0 radical (unpaired) electrons. The number of aliphatic carboxylic acids is 1. The fourth-order valence-electron chi connectivity index (χ4n) is 1.95. The van der Waals surface area contributed by atoms with E-state index < -0.39 is 11.2 Å². The quantitative estimate of drug-likeness (QED) is 0.889. The lowest BCUT2D eigenvalue weighted by atomic mass is 10.2. The molecule has 1 unspecified atom stereocenters. The van der Waals surface area contributed by atoms with Crippen molar-refractivity contribution in [2.24, 2.45) is 4.99 Å². The molecular weight excluding hydrogens is 296 g/mol. The van der Waals surface area contributed by atoms with Crippen LogP contribution in [0.15, 0.2) is 23.2 Å². The van der Waals surface area contributed by atoms with E-state index in [9.17, 15) is 9.59 Å². The minimum Gasteiger partial charge on any atom is -0.480 e. The van der Waals surface area contributed by atoms with Gasteiger partial charge in [-0.3, -0.25) is 14.5 Å². The zero-order valence-electron chi connectivity index (χ0n) is 11.1. The van der Waals surface area contributed by atoms with Crippen LogP contribution in [0.25, 0.3) is 0 Å². The molecule has 8 heteroatoms. The second-order valence-electron chi connectivity index (χ2n) is 4.53. The van der Waals surface area contributed by atoms with Gasteiger partial charge in [0, 0.05) is 13.1 Å². The zero-order chi connectivity index (χ0) is 15.0. The third-order valence-electron chi connectivity index (χ3n) is 3.13. The first-order valence-electron chi connectivity index (χ1n) is 6.19. The van der Waals surface area contributed by atoms with Gasteiger partial charge in [0.15, 0.2) is 16.7 Å². The number of nitrogens with zero attached hydrogens (tertiary/aromatic N) is 2. The lowest BCUT2D eigenvalue weighted by molar-refractivity contribution is -0.139. The van der Waals surface area contributed by atoms with Crippen molar-refractivity contribution in [3.8, 4) is 11.5 Å². The van der Waals surface area contributed by atoms with Crippen LogP contribution in [0.4, 0.5) is 5.69 Å². The predicted octanol–water partition coefficient (Wildman–Crippen LogP) is 1.45. The molecule has 1 aromatic rings. The monoisotopic (exact) mass is 308 g/mol. The number of hydrogen-bond donors (Lipinski definition) is 1. The van der Waals surface area contributed by atoms with Crippen LogP contribution in [0.5, 0.6) is 11.5 Å². The average Bonchev–Trinajstić information content (AvgIpc) is 2.91. The van der Waals surface area contributed by atoms with Gasteiger partial charge in [0.1, 0.15) is 5.25 Å². The molecule has 1 fully saturated rings. The van der Waals surface area contributed by atoms with E-state index in [2.05, 4.69) is 4.99 Å². The summed E-state index contributed by atoms with van der Waals surface area (Å²) in [4.78, 5) is 28.6. The maximum atomic E-state index is 11.8. The van der Waals surface area contributed by atoms with Crippen molar-refractivity contribution in [1.29, 1.82) is 0 Å². The van der Waals surface area contributed by atoms with Crippen molar-refractivity contribution in [3.63, 3.8) is 0 Å². The first kappa shape index (κ1) is 13.7. The number of hydrogen-bond acceptors (Lipinski definition) is 6. The Kier molecular flexibility index (Phi) is 3.46. The Morgan fingerprint density at radius 2 is 2.19 bits per heavy atom. The third-order valence-corrected chi connectivity index (χ3v) is 4.35. The van der Waals surface area contributed by atoms with Crippen LogP contribution in [0.3, 0.4) is 0 Å². The summed E-state index contributed by atoms with van der Waals surface area (Å²) < 4.78 is 10.5. The molecule has 2 aliphatic rings. The van der Waals surface area contributed by atoms with E-state index in [1.54, 1.807) is 25.2 Å². The standard InChI is InChI=1S/C13H12N2O5S/c1-15-11(16)5-10(12(17)18)21-13(15)14-7-2-3-8-9(4-7)20-6-19-8/h2-4,10H,5-6H2,1H3,(H,17,18). The van der Waals surface area contributed by atoms with Crippen molar-refractivity contribution in [1.82, 2.24) is 4.90 Å². The van der Waals surface area contributed by atoms with Gasteiger partial charge in [0.2, 0.25) is 12.7 Å². The molecule has 2 aliphatic heterocycles. The van der Waals surface area contributed by atoms with Gasteiger partial charge in [0.05, 0.1) is 12.1 Å². The van der Waals surface area contributed by atoms with Crippen LogP contribution in [0.2, 0.25) is 0 Å². The largest absolute Gasteiger partial charge is 0.480 e. The molecule has 1 N–H and O–H groups in total. The number of carbonyl (C=O) groups excluding carboxylic acids is 1. The highest BCUT2D eigenvalue weighted by atomic mass is 32.2. The summed E-state index contributed by atoms with van der Waals surface area (Å²) in [5, 5.41) is 8.62. The number of thioether (sulfide) groups is 1. The Morgan fingerprint density at radius 1 is 1.43 bits per heavy atom. The highest BCUT2D eigenvalue weighted by Gasteiger charge is 2.33. The SMILES string of the molecule is CN1C(=O)CC(C(=O)O)SC1=Nc1ccc2c(c1)OCO2. The van der Waals surface area contributed by atoms with Gasteiger partial charge in [-0.15, -0.1) is 0 Å². The van der Waals surface area contributed by atoms with Gasteiger partial charge in [-0.05, 0) is 12.1 Å². The molecule has 0 aromatic heterocycles. The van der Waals surface area contributed by atoms with Crippen LogP contribution in [-0.2, 0) is 9.59 Å². The number of rotatable bonds is 2. The average molecular weight is 308 g/mol. The molecule has 1 atom stereocenters. The Bertz CT molecular complexity index is 645. The first-order valence-corrected chi connectivity index (χ1v) is 7.07. The second kappa shape index (κ2) is 5.28. The summed E-state index contributed by atoms with van der Waals surface area (Å²) in [7, 11) is 1.58. The van der Waals surface area contributed by atoms with Gasteiger partial charge in [-0.25, -0.2) is 4.99 Å². The van der Waals surface area contributed by atoms with Gasteiger partial charge < -0.3 is 14.6 Å². The van der Waals surface area contributed by atoms with Gasteiger partial charge in [-0.1, -0.05) is 11.8 Å². The Morgan fingerprint density at radius 3 is 2.95 bits per heavy atom. The second-order valence-corrected chi connectivity index (χ2v) is 5.70. The van der Waals surface area contributed by atoms with E-state index in [-0.39, 0.29) is 19.1 Å². The molecule has 2 heterocycles. The summed E-state index contributed by atoms with van der Waals surface area (Å²) in [5.41, 5.74) is 0.576. The van der Waals surface area contributed by atoms with Gasteiger partial charge in [0.25, 0.3) is 0 Å². The molecule has 110 valence electrons. The van der Waals surface area contributed by atoms with Crippen LogP contribution in [-0.4, -0.2) is 46.1 Å². The number of carbonyl (C=O) groups is 2. The smallest absolute Gasteiger partial charge is 0.317 e. The normalized spacial score (nSPS) is 22.7. The van der Waals surface area contributed by atoms with Crippen LogP contribution >= 0.6 is 11.8 Å². The maximum Gasteiger partial charge on any atom is 0.317 e. The van der Waals surface area contributed by atoms with Gasteiger partial charge in [-0.2, -0.15) is 0 Å².